The van der Waals surface area contributed by atoms with E-state index in [-0.39, 0.29) is 5.91 Å². The van der Waals surface area contributed by atoms with E-state index in [9.17, 15) is 4.79 Å². The summed E-state index contributed by atoms with van der Waals surface area (Å²) in [6.45, 7) is 3.82. The van der Waals surface area contributed by atoms with Crippen molar-refractivity contribution in [3.63, 3.8) is 0 Å². The third kappa shape index (κ3) is 3.27. The smallest absolute Gasteiger partial charge is 0.259 e. The molecule has 3 rings (SSSR count). The van der Waals surface area contributed by atoms with Crippen molar-refractivity contribution in [2.24, 2.45) is 0 Å². The van der Waals surface area contributed by atoms with Crippen molar-refractivity contribution in [2.75, 3.05) is 23.3 Å². The lowest BCUT2D eigenvalue weighted by atomic mass is 10.2. The molecule has 1 aliphatic heterocycles. The Balaban J connectivity index is 1.76. The fourth-order valence-corrected chi connectivity index (χ4v) is 2.74. The summed E-state index contributed by atoms with van der Waals surface area (Å²) >= 11 is 3.37. The number of aromatic nitrogens is 2. The number of hydrogen-bond acceptors (Lipinski definition) is 4. The first-order chi connectivity index (χ1) is 10.6. The summed E-state index contributed by atoms with van der Waals surface area (Å²) in [5, 5.41) is 2.86. The quantitative estimate of drug-likeness (QED) is 0.911. The van der Waals surface area contributed by atoms with Crippen LogP contribution < -0.4 is 10.2 Å². The molecule has 0 bridgehead atoms. The number of benzene rings is 1. The van der Waals surface area contributed by atoms with E-state index in [0.717, 1.165) is 29.2 Å². The standard InChI is InChI=1S/C16H17BrN4O/c1-11-14(10-18-16(19-11)21-8-2-3-9-21)15(22)20-13-6-4-12(17)5-7-13/h4-7,10H,2-3,8-9H2,1H3,(H,20,22). The lowest BCUT2D eigenvalue weighted by molar-refractivity contribution is 0.102. The minimum atomic E-state index is -0.187. The fourth-order valence-electron chi connectivity index (χ4n) is 2.48. The Hall–Kier alpha value is -1.95. The fraction of sp³-hybridized carbons (Fsp3) is 0.312. The van der Waals surface area contributed by atoms with E-state index >= 15 is 0 Å². The van der Waals surface area contributed by atoms with Crippen molar-refractivity contribution in [3.05, 3.63) is 46.2 Å². The van der Waals surface area contributed by atoms with Gasteiger partial charge in [-0.15, -0.1) is 0 Å². The number of nitrogens with zero attached hydrogens (tertiary/aromatic N) is 3. The molecule has 0 atom stereocenters. The molecule has 1 aromatic heterocycles. The Kier molecular flexibility index (Phi) is 4.38. The van der Waals surface area contributed by atoms with Gasteiger partial charge in [-0.1, -0.05) is 15.9 Å². The Bertz CT molecular complexity index is 681. The maximum atomic E-state index is 12.3. The molecule has 1 N–H and O–H groups in total. The number of carbonyl (C=O) groups excluding carboxylic acids is 1. The Morgan fingerprint density at radius 3 is 2.55 bits per heavy atom. The highest BCUT2D eigenvalue weighted by Crippen LogP contribution is 2.18. The maximum absolute atomic E-state index is 12.3. The number of anilines is 2. The van der Waals surface area contributed by atoms with E-state index in [1.54, 1.807) is 6.20 Å². The van der Waals surface area contributed by atoms with Crippen molar-refractivity contribution in [1.82, 2.24) is 9.97 Å². The molecule has 0 spiro atoms. The number of halogens is 1. The zero-order valence-electron chi connectivity index (χ0n) is 12.3. The van der Waals surface area contributed by atoms with Gasteiger partial charge in [-0.05, 0) is 44.0 Å². The third-order valence-electron chi connectivity index (χ3n) is 3.70. The van der Waals surface area contributed by atoms with Crippen molar-refractivity contribution >= 4 is 33.5 Å². The van der Waals surface area contributed by atoms with Gasteiger partial charge < -0.3 is 10.2 Å². The maximum Gasteiger partial charge on any atom is 0.259 e. The topological polar surface area (TPSA) is 58.1 Å². The van der Waals surface area contributed by atoms with Crippen LogP contribution in [0.25, 0.3) is 0 Å². The van der Waals surface area contributed by atoms with Crippen LogP contribution in [-0.2, 0) is 0 Å². The molecule has 1 fully saturated rings. The summed E-state index contributed by atoms with van der Waals surface area (Å²) in [6, 6.07) is 7.46. The number of amides is 1. The number of aryl methyl sites for hydroxylation is 1. The third-order valence-corrected chi connectivity index (χ3v) is 4.23. The first-order valence-corrected chi connectivity index (χ1v) is 8.08. The summed E-state index contributed by atoms with van der Waals surface area (Å²) in [6.07, 6.45) is 3.96. The molecule has 1 aliphatic rings. The van der Waals surface area contributed by atoms with Gasteiger partial charge >= 0.3 is 0 Å². The molecule has 1 saturated heterocycles. The van der Waals surface area contributed by atoms with Gasteiger partial charge in [-0.2, -0.15) is 0 Å². The van der Waals surface area contributed by atoms with Crippen LogP contribution in [0, 0.1) is 6.92 Å². The van der Waals surface area contributed by atoms with Gasteiger partial charge in [0.15, 0.2) is 0 Å². The van der Waals surface area contributed by atoms with Gasteiger partial charge in [0, 0.05) is 29.4 Å². The predicted octanol–water partition coefficient (Wildman–Crippen LogP) is 3.40. The molecule has 0 aliphatic carbocycles. The molecule has 5 nitrogen and oxygen atoms in total. The highest BCUT2D eigenvalue weighted by atomic mass is 79.9. The van der Waals surface area contributed by atoms with Crippen molar-refractivity contribution in [3.8, 4) is 0 Å². The first kappa shape index (κ1) is 15.0. The van der Waals surface area contributed by atoms with Gasteiger partial charge in [0.2, 0.25) is 5.95 Å². The lowest BCUT2D eigenvalue weighted by Gasteiger charge is -2.16. The average Bonchev–Trinajstić information content (AvgIpc) is 3.03. The molecule has 6 heteroatoms. The van der Waals surface area contributed by atoms with Crippen LogP contribution in [0.3, 0.4) is 0 Å². The average molecular weight is 361 g/mol. The highest BCUT2D eigenvalue weighted by molar-refractivity contribution is 9.10. The van der Waals surface area contributed by atoms with Crippen molar-refractivity contribution < 1.29 is 4.79 Å². The van der Waals surface area contributed by atoms with Gasteiger partial charge in [0.25, 0.3) is 5.91 Å². The van der Waals surface area contributed by atoms with E-state index in [2.05, 4.69) is 36.1 Å². The lowest BCUT2D eigenvalue weighted by Crippen LogP contribution is -2.22. The minimum Gasteiger partial charge on any atom is -0.341 e. The SMILES string of the molecule is Cc1nc(N2CCCC2)ncc1C(=O)Nc1ccc(Br)cc1. The molecular weight excluding hydrogens is 344 g/mol. The minimum absolute atomic E-state index is 0.187. The molecule has 1 aromatic carbocycles. The second kappa shape index (κ2) is 6.44. The zero-order valence-corrected chi connectivity index (χ0v) is 13.9. The van der Waals surface area contributed by atoms with E-state index in [1.807, 2.05) is 31.2 Å². The summed E-state index contributed by atoms with van der Waals surface area (Å²) in [7, 11) is 0. The molecule has 22 heavy (non-hydrogen) atoms. The summed E-state index contributed by atoms with van der Waals surface area (Å²) in [5.41, 5.74) is 1.95. The van der Waals surface area contributed by atoms with E-state index in [1.165, 1.54) is 12.8 Å². The van der Waals surface area contributed by atoms with Crippen LogP contribution in [0.2, 0.25) is 0 Å². The Morgan fingerprint density at radius 2 is 1.91 bits per heavy atom. The molecule has 2 aromatic rings. The van der Waals surface area contributed by atoms with Crippen molar-refractivity contribution in [1.29, 1.82) is 0 Å². The van der Waals surface area contributed by atoms with Crippen LogP contribution in [0.4, 0.5) is 11.6 Å². The van der Waals surface area contributed by atoms with Gasteiger partial charge in [0.05, 0.1) is 11.3 Å². The van der Waals surface area contributed by atoms with Crippen LogP contribution in [0.1, 0.15) is 28.9 Å². The van der Waals surface area contributed by atoms with Crippen LogP contribution in [-0.4, -0.2) is 29.0 Å². The van der Waals surface area contributed by atoms with Gasteiger partial charge in [-0.3, -0.25) is 4.79 Å². The number of hydrogen-bond donors (Lipinski definition) is 1. The first-order valence-electron chi connectivity index (χ1n) is 7.29. The number of carbonyl (C=O) groups is 1. The molecule has 0 saturated carbocycles. The van der Waals surface area contributed by atoms with Gasteiger partial charge in [-0.25, -0.2) is 9.97 Å². The highest BCUT2D eigenvalue weighted by Gasteiger charge is 2.17. The molecule has 0 unspecified atom stereocenters. The summed E-state index contributed by atoms with van der Waals surface area (Å²) < 4.78 is 0.972. The van der Waals surface area contributed by atoms with E-state index in [4.69, 9.17) is 0 Å². The molecule has 114 valence electrons. The zero-order chi connectivity index (χ0) is 15.5. The Morgan fingerprint density at radius 1 is 1.23 bits per heavy atom. The monoisotopic (exact) mass is 360 g/mol. The Labute approximate surface area is 137 Å². The predicted molar refractivity (Wildman–Crippen MR) is 90.3 cm³/mol. The van der Waals surface area contributed by atoms with Crippen LogP contribution in [0.5, 0.6) is 0 Å². The van der Waals surface area contributed by atoms with E-state index < -0.39 is 0 Å². The second-order valence-corrected chi connectivity index (χ2v) is 6.24. The van der Waals surface area contributed by atoms with Gasteiger partial charge in [0.1, 0.15) is 0 Å². The van der Waals surface area contributed by atoms with Crippen molar-refractivity contribution in [2.45, 2.75) is 19.8 Å². The molecule has 1 amide bonds. The largest absolute Gasteiger partial charge is 0.341 e. The summed E-state index contributed by atoms with van der Waals surface area (Å²) in [4.78, 5) is 23.3. The van der Waals surface area contributed by atoms with Crippen LogP contribution in [0.15, 0.2) is 34.9 Å². The number of nitrogens with one attached hydrogen (secondary N) is 1. The summed E-state index contributed by atoms with van der Waals surface area (Å²) in [5.74, 6) is 0.531. The normalized spacial score (nSPS) is 14.2. The second-order valence-electron chi connectivity index (χ2n) is 5.32. The number of rotatable bonds is 3. The molecular formula is C16H17BrN4O. The van der Waals surface area contributed by atoms with E-state index in [0.29, 0.717) is 11.3 Å². The molecule has 0 radical (unpaired) electrons. The molecule has 2 heterocycles. The van der Waals surface area contributed by atoms with Crippen LogP contribution >= 0.6 is 15.9 Å².